The van der Waals surface area contributed by atoms with Crippen LogP contribution in [-0.2, 0) is 4.74 Å². The number of ether oxygens (including phenoxy) is 2. The van der Waals surface area contributed by atoms with Crippen molar-refractivity contribution in [2.75, 3.05) is 20.3 Å². The number of amides is 1. The molecule has 0 spiro atoms. The molecule has 1 amide bonds. The second kappa shape index (κ2) is 6.78. The molecule has 3 rings (SSSR count). The molecule has 1 aliphatic rings. The van der Waals surface area contributed by atoms with E-state index in [9.17, 15) is 9.18 Å². The van der Waals surface area contributed by atoms with E-state index in [1.54, 1.807) is 18.3 Å². The van der Waals surface area contributed by atoms with Crippen molar-refractivity contribution in [3.05, 3.63) is 42.0 Å². The lowest BCUT2D eigenvalue weighted by Crippen LogP contribution is -2.32. The van der Waals surface area contributed by atoms with Crippen molar-refractivity contribution in [2.45, 2.75) is 18.9 Å². The number of nitrogens with zero attached hydrogens (tertiary/aromatic N) is 2. The number of rotatable bonds is 5. The smallest absolute Gasteiger partial charge is 0.275 e. The molecular weight excluding hydrogens is 301 g/mol. The van der Waals surface area contributed by atoms with Crippen molar-refractivity contribution in [3.63, 3.8) is 0 Å². The first-order chi connectivity index (χ1) is 11.2. The molecular formula is C16H18FN3O3. The highest BCUT2D eigenvalue weighted by atomic mass is 19.1. The van der Waals surface area contributed by atoms with Crippen LogP contribution in [0.25, 0.3) is 5.69 Å². The second-order valence-electron chi connectivity index (χ2n) is 5.31. The molecule has 1 aliphatic heterocycles. The zero-order valence-electron chi connectivity index (χ0n) is 12.8. The number of hydrogen-bond donors (Lipinski definition) is 1. The van der Waals surface area contributed by atoms with Crippen LogP contribution in [0.15, 0.2) is 30.5 Å². The number of nitrogens with one attached hydrogen (secondary N) is 1. The molecule has 1 fully saturated rings. The average Bonchev–Trinajstić information content (AvgIpc) is 3.22. The number of methoxy groups -OCH3 is 1. The minimum atomic E-state index is -0.331. The van der Waals surface area contributed by atoms with E-state index in [1.807, 2.05) is 0 Å². The number of halogens is 1. The van der Waals surface area contributed by atoms with Gasteiger partial charge in [-0.05, 0) is 37.1 Å². The van der Waals surface area contributed by atoms with E-state index >= 15 is 0 Å². The molecule has 23 heavy (non-hydrogen) atoms. The number of carbonyl (C=O) groups is 1. The van der Waals surface area contributed by atoms with Gasteiger partial charge in [0.2, 0.25) is 0 Å². The van der Waals surface area contributed by atoms with E-state index in [1.165, 1.54) is 23.9 Å². The van der Waals surface area contributed by atoms with E-state index < -0.39 is 0 Å². The summed E-state index contributed by atoms with van der Waals surface area (Å²) in [5, 5.41) is 7.05. The fourth-order valence-electron chi connectivity index (χ4n) is 2.49. The van der Waals surface area contributed by atoms with Gasteiger partial charge in [-0.15, -0.1) is 0 Å². The minimum absolute atomic E-state index is 0.0594. The maximum atomic E-state index is 13.0. The zero-order valence-corrected chi connectivity index (χ0v) is 12.8. The summed E-state index contributed by atoms with van der Waals surface area (Å²) in [4.78, 5) is 12.3. The van der Waals surface area contributed by atoms with Crippen LogP contribution in [0.1, 0.15) is 23.3 Å². The van der Waals surface area contributed by atoms with Crippen LogP contribution in [0.5, 0.6) is 5.75 Å². The average molecular weight is 319 g/mol. The van der Waals surface area contributed by atoms with Crippen molar-refractivity contribution in [1.82, 2.24) is 15.1 Å². The number of hydrogen-bond acceptors (Lipinski definition) is 4. The molecule has 1 N–H and O–H groups in total. The maximum Gasteiger partial charge on any atom is 0.275 e. The molecule has 7 heteroatoms. The summed E-state index contributed by atoms with van der Waals surface area (Å²) in [7, 11) is 1.48. The van der Waals surface area contributed by atoms with Gasteiger partial charge in [0.15, 0.2) is 11.4 Å². The van der Waals surface area contributed by atoms with Gasteiger partial charge in [0, 0.05) is 13.2 Å². The highest BCUT2D eigenvalue weighted by Crippen LogP contribution is 2.20. The van der Waals surface area contributed by atoms with E-state index in [4.69, 9.17) is 9.47 Å². The van der Waals surface area contributed by atoms with Gasteiger partial charge in [-0.25, -0.2) is 9.07 Å². The van der Waals surface area contributed by atoms with E-state index in [2.05, 4.69) is 10.4 Å². The Hall–Kier alpha value is -2.41. The van der Waals surface area contributed by atoms with Crippen LogP contribution >= 0.6 is 0 Å². The summed E-state index contributed by atoms with van der Waals surface area (Å²) >= 11 is 0. The van der Waals surface area contributed by atoms with Crippen LogP contribution in [0.4, 0.5) is 4.39 Å². The quantitative estimate of drug-likeness (QED) is 0.914. The summed E-state index contributed by atoms with van der Waals surface area (Å²) < 4.78 is 25.2. The van der Waals surface area contributed by atoms with Crippen molar-refractivity contribution in [2.24, 2.45) is 0 Å². The molecule has 0 bridgehead atoms. The van der Waals surface area contributed by atoms with E-state index in [-0.39, 0.29) is 23.5 Å². The second-order valence-corrected chi connectivity index (χ2v) is 5.31. The Bertz CT molecular complexity index is 678. The largest absolute Gasteiger partial charge is 0.493 e. The highest BCUT2D eigenvalue weighted by Gasteiger charge is 2.21. The van der Waals surface area contributed by atoms with Crippen molar-refractivity contribution >= 4 is 5.91 Å². The zero-order chi connectivity index (χ0) is 16.2. The normalized spacial score (nSPS) is 17.2. The summed E-state index contributed by atoms with van der Waals surface area (Å²) in [5.41, 5.74) is 0.831. The fourth-order valence-corrected chi connectivity index (χ4v) is 2.49. The lowest BCUT2D eigenvalue weighted by Gasteiger charge is -2.10. The SMILES string of the molecule is COc1cn(-c2ccc(F)cc2)nc1C(=O)NCC1CCCO1. The van der Waals surface area contributed by atoms with Gasteiger partial charge >= 0.3 is 0 Å². The number of aromatic nitrogens is 2. The topological polar surface area (TPSA) is 65.4 Å². The number of benzene rings is 1. The molecule has 0 aliphatic carbocycles. The van der Waals surface area contributed by atoms with Crippen LogP contribution in [-0.4, -0.2) is 42.1 Å². The molecule has 0 radical (unpaired) electrons. The number of carbonyl (C=O) groups excluding carboxylic acids is 1. The van der Waals surface area contributed by atoms with Crippen molar-refractivity contribution in [1.29, 1.82) is 0 Å². The third-order valence-corrected chi connectivity index (χ3v) is 3.72. The van der Waals surface area contributed by atoms with Crippen molar-refractivity contribution in [3.8, 4) is 11.4 Å². The van der Waals surface area contributed by atoms with Crippen LogP contribution < -0.4 is 10.1 Å². The molecule has 1 saturated heterocycles. The molecule has 2 heterocycles. The summed E-state index contributed by atoms with van der Waals surface area (Å²) in [6.07, 6.45) is 3.61. The van der Waals surface area contributed by atoms with Gasteiger partial charge in [0.1, 0.15) is 5.82 Å². The third kappa shape index (κ3) is 3.50. The highest BCUT2D eigenvalue weighted by molar-refractivity contribution is 5.94. The minimum Gasteiger partial charge on any atom is -0.493 e. The molecule has 1 unspecified atom stereocenters. The Morgan fingerprint density at radius 1 is 1.48 bits per heavy atom. The Labute approximate surface area is 133 Å². The van der Waals surface area contributed by atoms with Crippen LogP contribution in [0, 0.1) is 5.82 Å². The maximum absolute atomic E-state index is 13.0. The third-order valence-electron chi connectivity index (χ3n) is 3.72. The molecule has 6 nitrogen and oxygen atoms in total. The van der Waals surface area contributed by atoms with Crippen molar-refractivity contribution < 1.29 is 18.7 Å². The molecule has 2 aromatic rings. The van der Waals surface area contributed by atoms with Crippen LogP contribution in [0.2, 0.25) is 0 Å². The summed E-state index contributed by atoms with van der Waals surface area (Å²) in [5.74, 6) is -0.292. The lowest BCUT2D eigenvalue weighted by molar-refractivity contribution is 0.0851. The fraction of sp³-hybridized carbons (Fsp3) is 0.375. The first-order valence-corrected chi connectivity index (χ1v) is 7.47. The Balaban J connectivity index is 1.75. The standard InChI is InChI=1S/C16H18FN3O3/c1-22-14-10-20(12-6-4-11(17)5-7-12)19-15(14)16(21)18-9-13-3-2-8-23-13/h4-7,10,13H,2-3,8-9H2,1H3,(H,18,21). The molecule has 1 aromatic carbocycles. The van der Waals surface area contributed by atoms with E-state index in [0.717, 1.165) is 19.4 Å². The lowest BCUT2D eigenvalue weighted by atomic mass is 10.2. The van der Waals surface area contributed by atoms with Gasteiger partial charge < -0.3 is 14.8 Å². The van der Waals surface area contributed by atoms with Gasteiger partial charge in [0.25, 0.3) is 5.91 Å². The first kappa shape index (κ1) is 15.5. The molecule has 0 saturated carbocycles. The van der Waals surface area contributed by atoms with Crippen LogP contribution in [0.3, 0.4) is 0 Å². The molecule has 122 valence electrons. The Morgan fingerprint density at radius 2 is 2.26 bits per heavy atom. The summed E-state index contributed by atoms with van der Waals surface area (Å²) in [6.45, 7) is 1.19. The molecule has 1 aromatic heterocycles. The predicted molar refractivity (Wildman–Crippen MR) is 81.4 cm³/mol. The monoisotopic (exact) mass is 319 g/mol. The Kier molecular flexibility index (Phi) is 4.57. The van der Waals surface area contributed by atoms with Gasteiger partial charge in [0.05, 0.1) is 25.1 Å². The van der Waals surface area contributed by atoms with Gasteiger partial charge in [-0.2, -0.15) is 5.10 Å². The first-order valence-electron chi connectivity index (χ1n) is 7.47. The summed E-state index contributed by atoms with van der Waals surface area (Å²) in [6, 6.07) is 5.83. The predicted octanol–water partition coefficient (Wildman–Crippen LogP) is 1.93. The van der Waals surface area contributed by atoms with E-state index in [0.29, 0.717) is 18.0 Å². The van der Waals surface area contributed by atoms with Gasteiger partial charge in [-0.1, -0.05) is 0 Å². The Morgan fingerprint density at radius 3 is 2.91 bits per heavy atom. The van der Waals surface area contributed by atoms with Gasteiger partial charge in [-0.3, -0.25) is 4.79 Å². The molecule has 1 atom stereocenters.